The Labute approximate surface area is 182 Å². The number of nitrogens with one attached hydrogen (secondary N) is 1. The van der Waals surface area contributed by atoms with Crippen molar-refractivity contribution in [2.24, 2.45) is 5.10 Å². The number of thiazole rings is 1. The van der Waals surface area contributed by atoms with Gasteiger partial charge in [-0.2, -0.15) is 5.10 Å². The van der Waals surface area contributed by atoms with Crippen molar-refractivity contribution in [2.45, 2.75) is 20.3 Å². The third kappa shape index (κ3) is 7.20. The molecule has 0 atom stereocenters. The standard InChI is InChI=1S/C19H22ClN3O6S/c1-4-27-17(24)7-13-11-30-19(22-13)23-21-9-12-6-15(26-3)16(8-14(12)20)29-10-18(25)28-5-2/h6,8-9,11H,4-5,7,10H2,1-3H3,(H,22,23). The van der Waals surface area contributed by atoms with Gasteiger partial charge in [-0.05, 0) is 19.9 Å². The molecular formula is C19H22ClN3O6S. The summed E-state index contributed by atoms with van der Waals surface area (Å²) in [7, 11) is 1.47. The van der Waals surface area contributed by atoms with Crippen LogP contribution >= 0.6 is 22.9 Å². The van der Waals surface area contributed by atoms with Crippen molar-refractivity contribution in [3.8, 4) is 11.5 Å². The van der Waals surface area contributed by atoms with Gasteiger partial charge in [-0.15, -0.1) is 11.3 Å². The van der Waals surface area contributed by atoms with Crippen LogP contribution in [0, 0.1) is 0 Å². The summed E-state index contributed by atoms with van der Waals surface area (Å²) in [4.78, 5) is 27.2. The second-order valence-corrected chi connectivity index (χ2v) is 6.88. The molecule has 0 radical (unpaired) electrons. The molecule has 162 valence electrons. The first-order valence-electron chi connectivity index (χ1n) is 9.01. The van der Waals surface area contributed by atoms with E-state index in [1.165, 1.54) is 30.7 Å². The molecule has 0 bridgehead atoms. The smallest absolute Gasteiger partial charge is 0.344 e. The van der Waals surface area contributed by atoms with Crippen LogP contribution in [0.3, 0.4) is 0 Å². The Morgan fingerprint density at radius 1 is 1.20 bits per heavy atom. The van der Waals surface area contributed by atoms with Crippen molar-refractivity contribution in [1.82, 2.24) is 4.98 Å². The lowest BCUT2D eigenvalue weighted by atomic mass is 10.2. The molecule has 9 nitrogen and oxygen atoms in total. The number of hydrogen-bond acceptors (Lipinski definition) is 10. The van der Waals surface area contributed by atoms with Crippen molar-refractivity contribution >= 4 is 46.2 Å². The number of nitrogens with zero attached hydrogens (tertiary/aromatic N) is 2. The largest absolute Gasteiger partial charge is 0.493 e. The molecule has 0 unspecified atom stereocenters. The van der Waals surface area contributed by atoms with Gasteiger partial charge >= 0.3 is 11.9 Å². The van der Waals surface area contributed by atoms with E-state index in [0.717, 1.165) is 0 Å². The molecule has 0 saturated heterocycles. The monoisotopic (exact) mass is 455 g/mol. The number of ether oxygens (including phenoxy) is 4. The van der Waals surface area contributed by atoms with Gasteiger partial charge in [-0.3, -0.25) is 10.2 Å². The summed E-state index contributed by atoms with van der Waals surface area (Å²) in [5.41, 5.74) is 3.94. The van der Waals surface area contributed by atoms with Gasteiger partial charge in [0.25, 0.3) is 0 Å². The SMILES string of the molecule is CCOC(=O)COc1cc(Cl)c(C=NNc2nc(CC(=O)OCC)cs2)cc1OC. The first kappa shape index (κ1) is 23.4. The zero-order chi connectivity index (χ0) is 21.9. The van der Waals surface area contributed by atoms with Crippen molar-refractivity contribution < 1.29 is 28.5 Å². The van der Waals surface area contributed by atoms with E-state index in [-0.39, 0.29) is 25.6 Å². The lowest BCUT2D eigenvalue weighted by molar-refractivity contribution is -0.145. The van der Waals surface area contributed by atoms with Crippen molar-refractivity contribution in [2.75, 3.05) is 32.4 Å². The molecule has 30 heavy (non-hydrogen) atoms. The maximum atomic E-state index is 11.5. The summed E-state index contributed by atoms with van der Waals surface area (Å²) < 4.78 is 20.4. The Morgan fingerprint density at radius 3 is 2.63 bits per heavy atom. The fourth-order valence-corrected chi connectivity index (χ4v) is 3.08. The van der Waals surface area contributed by atoms with E-state index in [4.69, 9.17) is 30.5 Å². The van der Waals surface area contributed by atoms with Gasteiger partial charge in [0.2, 0.25) is 5.13 Å². The first-order chi connectivity index (χ1) is 14.5. The van der Waals surface area contributed by atoms with Crippen molar-refractivity contribution in [3.63, 3.8) is 0 Å². The zero-order valence-electron chi connectivity index (χ0n) is 16.8. The van der Waals surface area contributed by atoms with Crippen LogP contribution in [0.25, 0.3) is 0 Å². The van der Waals surface area contributed by atoms with Gasteiger partial charge in [-0.25, -0.2) is 9.78 Å². The van der Waals surface area contributed by atoms with Crippen LogP contribution in [0.2, 0.25) is 5.02 Å². The Balaban J connectivity index is 2.00. The number of benzene rings is 1. The molecule has 0 spiro atoms. The Bertz CT molecular complexity index is 902. The summed E-state index contributed by atoms with van der Waals surface area (Å²) in [6, 6.07) is 3.16. The molecule has 0 aliphatic heterocycles. The van der Waals surface area contributed by atoms with Gasteiger partial charge in [-0.1, -0.05) is 11.6 Å². The van der Waals surface area contributed by atoms with E-state index in [1.807, 2.05) is 0 Å². The minimum absolute atomic E-state index is 0.103. The molecule has 1 aromatic carbocycles. The number of anilines is 1. The van der Waals surface area contributed by atoms with E-state index >= 15 is 0 Å². The number of carbonyl (C=O) groups is 2. The molecule has 0 fully saturated rings. The molecular weight excluding hydrogens is 434 g/mol. The average molecular weight is 456 g/mol. The molecule has 2 aromatic rings. The zero-order valence-corrected chi connectivity index (χ0v) is 18.3. The number of carbonyl (C=O) groups excluding carboxylic acids is 2. The molecule has 1 aromatic heterocycles. The fraction of sp³-hybridized carbons (Fsp3) is 0.368. The highest BCUT2D eigenvalue weighted by Gasteiger charge is 2.12. The van der Waals surface area contributed by atoms with Gasteiger partial charge < -0.3 is 18.9 Å². The lowest BCUT2D eigenvalue weighted by Gasteiger charge is -2.12. The second-order valence-electron chi connectivity index (χ2n) is 5.61. The quantitative estimate of drug-likeness (QED) is 0.312. The Morgan fingerprint density at radius 2 is 1.93 bits per heavy atom. The molecule has 11 heteroatoms. The highest BCUT2D eigenvalue weighted by Crippen LogP contribution is 2.32. The van der Waals surface area contributed by atoms with E-state index in [9.17, 15) is 9.59 Å². The molecule has 1 heterocycles. The van der Waals surface area contributed by atoms with Crippen LogP contribution in [0.1, 0.15) is 25.1 Å². The van der Waals surface area contributed by atoms with Gasteiger partial charge in [0.05, 0.1) is 43.7 Å². The van der Waals surface area contributed by atoms with Gasteiger partial charge in [0.15, 0.2) is 18.1 Å². The highest BCUT2D eigenvalue weighted by atomic mass is 35.5. The molecule has 0 aliphatic carbocycles. The van der Waals surface area contributed by atoms with Crippen molar-refractivity contribution in [1.29, 1.82) is 0 Å². The number of rotatable bonds is 11. The summed E-state index contributed by atoms with van der Waals surface area (Å²) in [5, 5.41) is 6.72. The van der Waals surface area contributed by atoms with E-state index in [2.05, 4.69) is 15.5 Å². The van der Waals surface area contributed by atoms with E-state index in [0.29, 0.717) is 39.5 Å². The summed E-state index contributed by atoms with van der Waals surface area (Å²) in [6.07, 6.45) is 1.60. The number of aromatic nitrogens is 1. The maximum Gasteiger partial charge on any atom is 0.344 e. The normalized spacial score (nSPS) is 10.7. The Kier molecular flexibility index (Phi) is 9.36. The number of hydrazone groups is 1. The van der Waals surface area contributed by atoms with Crippen molar-refractivity contribution in [3.05, 3.63) is 33.8 Å². The minimum Gasteiger partial charge on any atom is -0.493 e. The summed E-state index contributed by atoms with van der Waals surface area (Å²) in [6.45, 7) is 3.80. The van der Waals surface area contributed by atoms with Crippen LogP contribution in [-0.2, 0) is 25.5 Å². The van der Waals surface area contributed by atoms with E-state index < -0.39 is 5.97 Å². The van der Waals surface area contributed by atoms with Crippen LogP contribution < -0.4 is 14.9 Å². The fourth-order valence-electron chi connectivity index (χ4n) is 2.22. The molecule has 0 amide bonds. The highest BCUT2D eigenvalue weighted by molar-refractivity contribution is 7.13. The van der Waals surface area contributed by atoms with Gasteiger partial charge in [0.1, 0.15) is 0 Å². The first-order valence-corrected chi connectivity index (χ1v) is 10.3. The average Bonchev–Trinajstić information content (AvgIpc) is 3.15. The van der Waals surface area contributed by atoms with Crippen LogP contribution in [0.5, 0.6) is 11.5 Å². The minimum atomic E-state index is -0.490. The predicted molar refractivity (Wildman–Crippen MR) is 114 cm³/mol. The number of hydrogen-bond donors (Lipinski definition) is 1. The lowest BCUT2D eigenvalue weighted by Crippen LogP contribution is -2.15. The van der Waals surface area contributed by atoms with E-state index in [1.54, 1.807) is 25.3 Å². The number of methoxy groups -OCH3 is 1. The molecule has 0 saturated carbocycles. The third-order valence-corrected chi connectivity index (χ3v) is 4.60. The third-order valence-electron chi connectivity index (χ3n) is 3.48. The van der Waals surface area contributed by atoms with Crippen LogP contribution in [-0.4, -0.2) is 50.1 Å². The molecule has 2 rings (SSSR count). The Hall–Kier alpha value is -2.85. The predicted octanol–water partition coefficient (Wildman–Crippen LogP) is 3.30. The summed E-state index contributed by atoms with van der Waals surface area (Å²) >= 11 is 7.58. The maximum absolute atomic E-state index is 11.5. The van der Waals surface area contributed by atoms with Crippen LogP contribution in [0.15, 0.2) is 22.6 Å². The molecule has 1 N–H and O–H groups in total. The number of esters is 2. The number of halogens is 1. The topological polar surface area (TPSA) is 108 Å². The van der Waals surface area contributed by atoms with Gasteiger partial charge in [0, 0.05) is 17.0 Å². The van der Waals surface area contributed by atoms with Crippen LogP contribution in [0.4, 0.5) is 5.13 Å². The summed E-state index contributed by atoms with van der Waals surface area (Å²) in [5.74, 6) is -0.126. The second kappa shape index (κ2) is 12.0. The molecule has 0 aliphatic rings.